The summed E-state index contributed by atoms with van der Waals surface area (Å²) in [4.78, 5) is 3.40. The minimum absolute atomic E-state index is 0.000000000000000222. The average Bonchev–Trinajstić information content (AvgIpc) is 2.14. The molecule has 0 bridgehead atoms. The van der Waals surface area contributed by atoms with E-state index in [1.54, 1.807) is 6.07 Å². The van der Waals surface area contributed by atoms with Crippen molar-refractivity contribution >= 4 is 0 Å². The monoisotopic (exact) mass is 95.0 g/mol. The van der Waals surface area contributed by atoms with E-state index in [0.717, 1.165) is 0 Å². The van der Waals surface area contributed by atoms with Gasteiger partial charge in [0.25, 0.3) is 0 Å². The van der Waals surface area contributed by atoms with Gasteiger partial charge < -0.3 is 4.52 Å². The Labute approximate surface area is 39.4 Å². The van der Waals surface area contributed by atoms with Crippen LogP contribution in [0.3, 0.4) is 0 Å². The normalized spacial score (nSPS) is 7.86. The lowest BCUT2D eigenvalue weighted by molar-refractivity contribution is 0.406. The lowest BCUT2D eigenvalue weighted by atomic mass is 10.8. The van der Waals surface area contributed by atoms with Crippen LogP contribution in [0.15, 0.2) is 10.9 Å². The Hall–Kier alpha value is -1.37. The molecule has 1 aromatic heterocycles. The fraction of sp³-hybridized carbons (Fsp3) is 0. The first-order chi connectivity index (χ1) is 3.43. The Balaban J connectivity index is 3.04. The van der Waals surface area contributed by atoms with E-state index in [0.29, 0.717) is 0 Å². The van der Waals surface area contributed by atoms with Crippen molar-refractivity contribution in [3.8, 4) is 6.07 Å². The summed E-state index contributed by atoms with van der Waals surface area (Å²) in [5.74, 6) is 0.000000000000000222. The van der Waals surface area contributed by atoms with Gasteiger partial charge in [-0.05, 0) is 0 Å². The minimum Gasteiger partial charge on any atom is -0.323 e. The third kappa shape index (κ3) is 0.550. The topological polar surface area (TPSA) is 62.7 Å². The number of nitrogens with zero attached hydrogens (tertiary/aromatic N) is 3. The number of hydrogen-bond donors (Lipinski definition) is 0. The molecular formula is C3HN3O. The standard InChI is InChI=1S/C3HN3O/c4-1-3-5-2-6-7-3/h2H. The highest BCUT2D eigenvalue weighted by Crippen LogP contribution is 1.82. The summed E-state index contributed by atoms with van der Waals surface area (Å²) in [6, 6.07) is 1.67. The molecule has 0 aliphatic heterocycles. The Kier molecular flexibility index (Phi) is 0.755. The van der Waals surface area contributed by atoms with Crippen LogP contribution in [0.5, 0.6) is 0 Å². The van der Waals surface area contributed by atoms with Crippen molar-refractivity contribution < 1.29 is 4.52 Å². The zero-order valence-electron chi connectivity index (χ0n) is 3.33. The van der Waals surface area contributed by atoms with E-state index in [2.05, 4.69) is 14.7 Å². The molecule has 4 nitrogen and oxygen atoms in total. The van der Waals surface area contributed by atoms with Crippen LogP contribution in [-0.2, 0) is 0 Å². The van der Waals surface area contributed by atoms with Crippen LogP contribution < -0.4 is 0 Å². The highest BCUT2D eigenvalue weighted by Gasteiger charge is 1.88. The molecule has 0 amide bonds. The summed E-state index contributed by atoms with van der Waals surface area (Å²) in [5.41, 5.74) is 0. The molecule has 0 saturated carbocycles. The predicted molar refractivity (Wildman–Crippen MR) is 19.0 cm³/mol. The quantitative estimate of drug-likeness (QED) is 0.453. The summed E-state index contributed by atoms with van der Waals surface area (Å²) in [5, 5.41) is 11.2. The number of nitriles is 1. The molecule has 0 spiro atoms. The molecule has 1 rings (SSSR count). The summed E-state index contributed by atoms with van der Waals surface area (Å²) in [7, 11) is 0. The SMILES string of the molecule is N#Cc1ncno1. The smallest absolute Gasteiger partial charge is 0.323 e. The van der Waals surface area contributed by atoms with Crippen molar-refractivity contribution in [1.82, 2.24) is 10.1 Å². The average molecular weight is 95.1 g/mol. The van der Waals surface area contributed by atoms with Gasteiger partial charge >= 0.3 is 5.89 Å². The molecule has 0 radical (unpaired) electrons. The van der Waals surface area contributed by atoms with E-state index in [-0.39, 0.29) is 5.89 Å². The van der Waals surface area contributed by atoms with Gasteiger partial charge in [0.2, 0.25) is 0 Å². The molecule has 0 saturated heterocycles. The third-order valence-electron chi connectivity index (χ3n) is 0.457. The van der Waals surface area contributed by atoms with Crippen molar-refractivity contribution in [1.29, 1.82) is 5.26 Å². The van der Waals surface area contributed by atoms with Gasteiger partial charge in [0, 0.05) is 0 Å². The molecule has 0 fully saturated rings. The van der Waals surface area contributed by atoms with Gasteiger partial charge in [-0.3, -0.25) is 0 Å². The second-order valence-corrected chi connectivity index (χ2v) is 0.858. The van der Waals surface area contributed by atoms with E-state index < -0.39 is 0 Å². The number of hydrogen-bond acceptors (Lipinski definition) is 4. The molecule has 7 heavy (non-hydrogen) atoms. The first-order valence-corrected chi connectivity index (χ1v) is 1.60. The first-order valence-electron chi connectivity index (χ1n) is 1.60. The fourth-order valence-corrected chi connectivity index (χ4v) is 0.222. The molecule has 1 heterocycles. The summed E-state index contributed by atoms with van der Waals surface area (Å²) in [6.07, 6.45) is 1.18. The van der Waals surface area contributed by atoms with Gasteiger partial charge in [-0.15, -0.1) is 0 Å². The largest absolute Gasteiger partial charge is 0.328 e. The van der Waals surface area contributed by atoms with Crippen LogP contribution in [0.25, 0.3) is 0 Å². The molecule has 0 aliphatic carbocycles. The Morgan fingerprint density at radius 2 is 2.71 bits per heavy atom. The van der Waals surface area contributed by atoms with Crippen molar-refractivity contribution in [3.05, 3.63) is 12.2 Å². The highest BCUT2D eigenvalue weighted by atomic mass is 16.5. The van der Waals surface area contributed by atoms with E-state index in [1.165, 1.54) is 6.33 Å². The van der Waals surface area contributed by atoms with Crippen molar-refractivity contribution in [2.75, 3.05) is 0 Å². The summed E-state index contributed by atoms with van der Waals surface area (Å²) >= 11 is 0. The number of rotatable bonds is 0. The van der Waals surface area contributed by atoms with Crippen molar-refractivity contribution in [3.63, 3.8) is 0 Å². The molecule has 34 valence electrons. The van der Waals surface area contributed by atoms with E-state index >= 15 is 0 Å². The Morgan fingerprint density at radius 1 is 1.86 bits per heavy atom. The zero-order chi connectivity index (χ0) is 5.11. The highest BCUT2D eigenvalue weighted by molar-refractivity contribution is 5.00. The van der Waals surface area contributed by atoms with Crippen LogP contribution >= 0.6 is 0 Å². The molecule has 0 atom stereocenters. The maximum absolute atomic E-state index is 7.98. The van der Waals surface area contributed by atoms with Crippen LogP contribution in [0.2, 0.25) is 0 Å². The maximum Gasteiger partial charge on any atom is 0.328 e. The fourth-order valence-electron chi connectivity index (χ4n) is 0.222. The van der Waals surface area contributed by atoms with Gasteiger partial charge in [-0.2, -0.15) is 10.2 Å². The van der Waals surface area contributed by atoms with Gasteiger partial charge in [0.05, 0.1) is 0 Å². The molecule has 0 aliphatic rings. The molecule has 0 unspecified atom stereocenters. The van der Waals surface area contributed by atoms with Gasteiger partial charge in [-0.1, -0.05) is 5.16 Å². The van der Waals surface area contributed by atoms with E-state index in [1.807, 2.05) is 0 Å². The second-order valence-electron chi connectivity index (χ2n) is 0.858. The number of aromatic nitrogens is 2. The van der Waals surface area contributed by atoms with E-state index in [4.69, 9.17) is 5.26 Å². The summed E-state index contributed by atoms with van der Waals surface area (Å²) in [6.45, 7) is 0. The molecule has 4 heteroatoms. The second kappa shape index (κ2) is 1.39. The predicted octanol–water partition coefficient (Wildman–Crippen LogP) is -0.0587. The zero-order valence-corrected chi connectivity index (χ0v) is 3.33. The third-order valence-corrected chi connectivity index (χ3v) is 0.457. The van der Waals surface area contributed by atoms with Crippen molar-refractivity contribution in [2.45, 2.75) is 0 Å². The molecule has 0 N–H and O–H groups in total. The van der Waals surface area contributed by atoms with E-state index in [9.17, 15) is 0 Å². The minimum atomic E-state index is 0.000000000000000222. The lowest BCUT2D eigenvalue weighted by Crippen LogP contribution is -1.64. The molecular weight excluding hydrogens is 94.1 g/mol. The Morgan fingerprint density at radius 3 is 3.00 bits per heavy atom. The van der Waals surface area contributed by atoms with Gasteiger partial charge in [-0.25, -0.2) is 0 Å². The van der Waals surface area contributed by atoms with Crippen LogP contribution in [0.4, 0.5) is 0 Å². The van der Waals surface area contributed by atoms with Crippen molar-refractivity contribution in [2.24, 2.45) is 0 Å². The first kappa shape index (κ1) is 3.81. The molecule has 1 aromatic rings. The maximum atomic E-state index is 7.98. The van der Waals surface area contributed by atoms with Crippen LogP contribution in [0.1, 0.15) is 5.89 Å². The van der Waals surface area contributed by atoms with Crippen LogP contribution in [0, 0.1) is 11.3 Å². The van der Waals surface area contributed by atoms with Crippen LogP contribution in [-0.4, -0.2) is 10.1 Å². The summed E-state index contributed by atoms with van der Waals surface area (Å²) < 4.78 is 4.26. The van der Waals surface area contributed by atoms with Gasteiger partial charge in [0.1, 0.15) is 0 Å². The molecule has 0 aromatic carbocycles. The Bertz CT molecular complexity index is 173. The van der Waals surface area contributed by atoms with Gasteiger partial charge in [0.15, 0.2) is 12.4 Å². The lowest BCUT2D eigenvalue weighted by Gasteiger charge is -1.60.